The number of benzene rings is 1. The first-order valence-corrected chi connectivity index (χ1v) is 7.73. The molecule has 5 heteroatoms. The van der Waals surface area contributed by atoms with E-state index in [1.54, 1.807) is 6.92 Å². The van der Waals surface area contributed by atoms with Crippen LogP contribution in [0.15, 0.2) is 24.3 Å². The largest absolute Gasteiger partial charge is 0.493 e. The van der Waals surface area contributed by atoms with Gasteiger partial charge in [-0.2, -0.15) is 0 Å². The molecule has 1 rings (SSSR count). The van der Waals surface area contributed by atoms with Crippen LogP contribution < -0.4 is 15.4 Å². The van der Waals surface area contributed by atoms with Crippen molar-refractivity contribution >= 4 is 11.8 Å². The Balaban J connectivity index is 2.31. The summed E-state index contributed by atoms with van der Waals surface area (Å²) in [5, 5.41) is 5.31. The van der Waals surface area contributed by atoms with Gasteiger partial charge in [0.15, 0.2) is 0 Å². The normalized spacial score (nSPS) is 11.9. The molecule has 5 nitrogen and oxygen atoms in total. The lowest BCUT2D eigenvalue weighted by molar-refractivity contribution is -0.128. The number of carbonyl (C=O) groups excluding carboxylic acids is 2. The van der Waals surface area contributed by atoms with E-state index < -0.39 is 6.04 Å². The number of likely N-dealkylation sites (N-methyl/N-ethyl adjacent to an activating group) is 1. The van der Waals surface area contributed by atoms with Gasteiger partial charge >= 0.3 is 0 Å². The highest BCUT2D eigenvalue weighted by atomic mass is 16.5. The monoisotopic (exact) mass is 306 g/mol. The molecule has 0 saturated heterocycles. The van der Waals surface area contributed by atoms with Gasteiger partial charge in [-0.1, -0.05) is 26.0 Å². The number of hydrogen-bond acceptors (Lipinski definition) is 3. The van der Waals surface area contributed by atoms with E-state index in [-0.39, 0.29) is 24.8 Å². The van der Waals surface area contributed by atoms with Crippen molar-refractivity contribution in [3.63, 3.8) is 0 Å². The minimum Gasteiger partial charge on any atom is -0.493 e. The summed E-state index contributed by atoms with van der Waals surface area (Å²) in [5.41, 5.74) is 1.25. The molecule has 1 atom stereocenters. The third kappa shape index (κ3) is 6.16. The molecule has 1 unspecified atom stereocenters. The smallest absolute Gasteiger partial charge is 0.242 e. The second-order valence-corrected chi connectivity index (χ2v) is 5.51. The maximum absolute atomic E-state index is 11.7. The molecule has 122 valence electrons. The Morgan fingerprint density at radius 3 is 2.32 bits per heavy atom. The summed E-state index contributed by atoms with van der Waals surface area (Å²) in [7, 11) is 0. The van der Waals surface area contributed by atoms with E-state index in [0.717, 1.165) is 5.75 Å². The Kier molecular flexibility index (Phi) is 7.43. The average molecular weight is 306 g/mol. The van der Waals surface area contributed by atoms with Crippen LogP contribution >= 0.6 is 0 Å². The SMILES string of the molecule is CCNC(=O)C(C)NC(=O)CCOc1ccc(C(C)C)cc1. The maximum atomic E-state index is 11.7. The summed E-state index contributed by atoms with van der Waals surface area (Å²) in [4.78, 5) is 23.2. The van der Waals surface area contributed by atoms with Gasteiger partial charge in [0.2, 0.25) is 11.8 Å². The summed E-state index contributed by atoms with van der Waals surface area (Å²) in [6, 6.07) is 7.33. The average Bonchev–Trinajstić information content (AvgIpc) is 2.47. The molecule has 0 heterocycles. The molecule has 2 N–H and O–H groups in total. The summed E-state index contributed by atoms with van der Waals surface area (Å²) in [5.74, 6) is 0.850. The molecule has 2 amide bonds. The van der Waals surface area contributed by atoms with Crippen molar-refractivity contribution in [3.8, 4) is 5.75 Å². The minimum atomic E-state index is -0.530. The van der Waals surface area contributed by atoms with Crippen LogP contribution in [0.2, 0.25) is 0 Å². The summed E-state index contributed by atoms with van der Waals surface area (Å²) in [6.45, 7) is 8.61. The highest BCUT2D eigenvalue weighted by Gasteiger charge is 2.14. The standard InChI is InChI=1S/C17H26N2O3/c1-5-18-17(21)13(4)19-16(20)10-11-22-15-8-6-14(7-9-15)12(2)3/h6-9,12-13H,5,10-11H2,1-4H3,(H,18,21)(H,19,20). The fourth-order valence-corrected chi connectivity index (χ4v) is 1.92. The Morgan fingerprint density at radius 1 is 1.14 bits per heavy atom. The second-order valence-electron chi connectivity index (χ2n) is 5.51. The van der Waals surface area contributed by atoms with Gasteiger partial charge in [0, 0.05) is 6.54 Å². The lowest BCUT2D eigenvalue weighted by Crippen LogP contribution is -2.45. The zero-order valence-electron chi connectivity index (χ0n) is 13.8. The Morgan fingerprint density at radius 2 is 1.77 bits per heavy atom. The van der Waals surface area contributed by atoms with Crippen molar-refractivity contribution in [1.29, 1.82) is 0 Å². The first-order chi connectivity index (χ1) is 10.4. The lowest BCUT2D eigenvalue weighted by atomic mass is 10.0. The number of hydrogen-bond donors (Lipinski definition) is 2. The molecule has 0 aromatic heterocycles. The molecule has 0 spiro atoms. The molecule has 1 aromatic rings. The van der Waals surface area contributed by atoms with Gasteiger partial charge in [-0.3, -0.25) is 9.59 Å². The summed E-state index contributed by atoms with van der Waals surface area (Å²) < 4.78 is 5.54. The van der Waals surface area contributed by atoms with Crippen molar-refractivity contribution < 1.29 is 14.3 Å². The van der Waals surface area contributed by atoms with Crippen molar-refractivity contribution in [2.75, 3.05) is 13.2 Å². The van der Waals surface area contributed by atoms with E-state index in [4.69, 9.17) is 4.74 Å². The number of rotatable bonds is 8. The van der Waals surface area contributed by atoms with Crippen molar-refractivity contribution in [2.24, 2.45) is 0 Å². The van der Waals surface area contributed by atoms with Crippen molar-refractivity contribution in [2.45, 2.75) is 46.1 Å². The first-order valence-electron chi connectivity index (χ1n) is 7.73. The van der Waals surface area contributed by atoms with Crippen LogP contribution in [0.4, 0.5) is 0 Å². The van der Waals surface area contributed by atoms with E-state index in [1.165, 1.54) is 5.56 Å². The second kappa shape index (κ2) is 9.07. The Labute approximate surface area is 132 Å². The van der Waals surface area contributed by atoms with Crippen LogP contribution in [0.1, 0.15) is 45.6 Å². The van der Waals surface area contributed by atoms with Crippen LogP contribution in [-0.2, 0) is 9.59 Å². The number of ether oxygens (including phenoxy) is 1. The molecular weight excluding hydrogens is 280 g/mol. The Bertz CT molecular complexity index is 483. The predicted octanol–water partition coefficient (Wildman–Crippen LogP) is 2.22. The molecule has 0 fully saturated rings. The molecule has 0 aliphatic carbocycles. The quantitative estimate of drug-likeness (QED) is 0.774. The number of amides is 2. The Hall–Kier alpha value is -2.04. The molecular formula is C17H26N2O3. The van der Waals surface area contributed by atoms with Crippen molar-refractivity contribution in [1.82, 2.24) is 10.6 Å². The van der Waals surface area contributed by atoms with Gasteiger partial charge in [-0.25, -0.2) is 0 Å². The lowest BCUT2D eigenvalue weighted by Gasteiger charge is -2.13. The van der Waals surface area contributed by atoms with E-state index in [0.29, 0.717) is 12.5 Å². The minimum absolute atomic E-state index is 0.180. The van der Waals surface area contributed by atoms with Crippen LogP contribution in [0.25, 0.3) is 0 Å². The molecule has 0 aliphatic rings. The van der Waals surface area contributed by atoms with Gasteiger partial charge in [-0.05, 0) is 37.5 Å². The number of nitrogens with one attached hydrogen (secondary N) is 2. The zero-order chi connectivity index (χ0) is 16.5. The highest BCUT2D eigenvalue weighted by molar-refractivity contribution is 5.87. The first kappa shape index (κ1) is 18.0. The van der Waals surface area contributed by atoms with Gasteiger partial charge in [0.25, 0.3) is 0 Å². The zero-order valence-corrected chi connectivity index (χ0v) is 13.8. The van der Waals surface area contributed by atoms with Crippen LogP contribution in [0, 0.1) is 0 Å². The van der Waals surface area contributed by atoms with E-state index >= 15 is 0 Å². The topological polar surface area (TPSA) is 67.4 Å². The maximum Gasteiger partial charge on any atom is 0.242 e. The molecule has 0 bridgehead atoms. The molecule has 22 heavy (non-hydrogen) atoms. The van der Waals surface area contributed by atoms with E-state index in [9.17, 15) is 9.59 Å². The molecule has 0 aliphatic heterocycles. The third-order valence-electron chi connectivity index (χ3n) is 3.27. The van der Waals surface area contributed by atoms with Crippen LogP contribution in [-0.4, -0.2) is 31.0 Å². The summed E-state index contributed by atoms with van der Waals surface area (Å²) >= 11 is 0. The summed E-state index contributed by atoms with van der Waals surface area (Å²) in [6.07, 6.45) is 0.218. The molecule has 0 radical (unpaired) electrons. The molecule has 1 aromatic carbocycles. The van der Waals surface area contributed by atoms with Gasteiger partial charge < -0.3 is 15.4 Å². The van der Waals surface area contributed by atoms with Crippen LogP contribution in [0.3, 0.4) is 0 Å². The van der Waals surface area contributed by atoms with E-state index in [1.807, 2.05) is 31.2 Å². The van der Waals surface area contributed by atoms with Crippen molar-refractivity contribution in [3.05, 3.63) is 29.8 Å². The predicted molar refractivity (Wildman–Crippen MR) is 86.9 cm³/mol. The number of carbonyl (C=O) groups is 2. The van der Waals surface area contributed by atoms with Crippen LogP contribution in [0.5, 0.6) is 5.75 Å². The fraction of sp³-hybridized carbons (Fsp3) is 0.529. The third-order valence-corrected chi connectivity index (χ3v) is 3.27. The van der Waals surface area contributed by atoms with Gasteiger partial charge in [-0.15, -0.1) is 0 Å². The fourth-order valence-electron chi connectivity index (χ4n) is 1.92. The molecule has 0 saturated carbocycles. The highest BCUT2D eigenvalue weighted by Crippen LogP contribution is 2.18. The van der Waals surface area contributed by atoms with Gasteiger partial charge in [0.05, 0.1) is 13.0 Å². The van der Waals surface area contributed by atoms with E-state index in [2.05, 4.69) is 24.5 Å². The van der Waals surface area contributed by atoms with Gasteiger partial charge in [0.1, 0.15) is 11.8 Å².